The maximum absolute atomic E-state index is 10.8. The number of nitro groups is 1. The molecule has 0 aliphatic rings. The molecule has 17 heavy (non-hydrogen) atoms. The van der Waals surface area contributed by atoms with Gasteiger partial charge in [-0.1, -0.05) is 13.3 Å². The molecule has 5 nitrogen and oxygen atoms in total. The minimum Gasteiger partial charge on any atom is -0.258 e. The average Bonchev–Trinajstić information content (AvgIpc) is 2.31. The average molecular weight is 229 g/mol. The van der Waals surface area contributed by atoms with Gasteiger partial charge in [-0.25, -0.2) is 0 Å². The van der Waals surface area contributed by atoms with Crippen molar-refractivity contribution < 1.29 is 4.92 Å². The molecule has 0 N–H and O–H groups in total. The van der Waals surface area contributed by atoms with E-state index in [4.69, 9.17) is 10.5 Å². The number of nitro benzene ring substituents is 1. The molecule has 0 radical (unpaired) electrons. The summed E-state index contributed by atoms with van der Waals surface area (Å²) in [6.07, 6.45) is 1.70. The first-order valence-electron chi connectivity index (χ1n) is 5.21. The van der Waals surface area contributed by atoms with Gasteiger partial charge in [-0.15, -0.1) is 0 Å². The van der Waals surface area contributed by atoms with Crippen molar-refractivity contribution in [3.05, 3.63) is 38.9 Å². The molecular weight excluding hydrogens is 218 g/mol. The Labute approximate surface area is 99.1 Å². The molecule has 1 rings (SSSR count). The summed E-state index contributed by atoms with van der Waals surface area (Å²) in [5, 5.41) is 28.3. The van der Waals surface area contributed by atoms with Gasteiger partial charge >= 0.3 is 0 Å². The van der Waals surface area contributed by atoms with Gasteiger partial charge < -0.3 is 0 Å². The van der Waals surface area contributed by atoms with E-state index in [1.807, 2.05) is 19.1 Å². The van der Waals surface area contributed by atoms with Crippen LogP contribution in [0.15, 0.2) is 12.1 Å². The summed E-state index contributed by atoms with van der Waals surface area (Å²) in [5.74, 6) is 0. The van der Waals surface area contributed by atoms with E-state index < -0.39 is 4.92 Å². The van der Waals surface area contributed by atoms with Gasteiger partial charge in [-0.3, -0.25) is 10.1 Å². The van der Waals surface area contributed by atoms with Crippen molar-refractivity contribution in [3.8, 4) is 12.1 Å². The zero-order chi connectivity index (χ0) is 12.8. The third kappa shape index (κ3) is 2.79. The van der Waals surface area contributed by atoms with Gasteiger partial charge in [-0.05, 0) is 23.6 Å². The van der Waals surface area contributed by atoms with Crippen LogP contribution in [0.4, 0.5) is 5.69 Å². The highest BCUT2D eigenvalue weighted by molar-refractivity contribution is 5.54. The molecule has 0 saturated heterocycles. The topological polar surface area (TPSA) is 90.7 Å². The predicted octanol–water partition coefficient (Wildman–Crippen LogP) is 2.49. The fourth-order valence-corrected chi connectivity index (χ4v) is 1.67. The molecule has 0 spiro atoms. The number of hydrogen-bond donors (Lipinski definition) is 0. The van der Waals surface area contributed by atoms with Gasteiger partial charge in [0.2, 0.25) is 0 Å². The number of aryl methyl sites for hydroxylation is 1. The molecule has 0 aromatic heterocycles. The number of rotatable bonds is 4. The number of nitrogens with zero attached hydrogens (tertiary/aromatic N) is 3. The summed E-state index contributed by atoms with van der Waals surface area (Å²) in [7, 11) is 0. The Morgan fingerprint density at radius 1 is 1.35 bits per heavy atom. The van der Waals surface area contributed by atoms with E-state index in [9.17, 15) is 10.1 Å². The summed E-state index contributed by atoms with van der Waals surface area (Å²) in [4.78, 5) is 10.2. The lowest BCUT2D eigenvalue weighted by Gasteiger charge is -2.06. The van der Waals surface area contributed by atoms with Crippen molar-refractivity contribution in [2.75, 3.05) is 0 Å². The minimum atomic E-state index is -0.588. The van der Waals surface area contributed by atoms with Crippen molar-refractivity contribution in [2.24, 2.45) is 0 Å². The van der Waals surface area contributed by atoms with E-state index in [1.165, 1.54) is 12.1 Å². The molecule has 0 unspecified atom stereocenters. The van der Waals surface area contributed by atoms with Crippen LogP contribution in [-0.2, 0) is 12.8 Å². The second kappa shape index (κ2) is 5.62. The second-order valence-electron chi connectivity index (χ2n) is 3.59. The molecule has 0 fully saturated rings. The zero-order valence-electron chi connectivity index (χ0n) is 9.43. The normalized spacial score (nSPS) is 9.35. The highest BCUT2D eigenvalue weighted by Crippen LogP contribution is 2.24. The molecular formula is C12H11N3O2. The van der Waals surface area contributed by atoms with E-state index in [0.29, 0.717) is 12.0 Å². The highest BCUT2D eigenvalue weighted by atomic mass is 16.6. The molecule has 0 atom stereocenters. The Hall–Kier alpha value is -2.40. The Bertz CT molecular complexity index is 524. The molecule has 1 aromatic carbocycles. The summed E-state index contributed by atoms with van der Waals surface area (Å²) in [6.45, 7) is 1.98. The van der Waals surface area contributed by atoms with Crippen LogP contribution in [0.3, 0.4) is 0 Å². The maximum atomic E-state index is 10.8. The first-order valence-corrected chi connectivity index (χ1v) is 5.21. The van der Waals surface area contributed by atoms with Gasteiger partial charge in [0.05, 0.1) is 17.4 Å². The summed E-state index contributed by atoms with van der Waals surface area (Å²) < 4.78 is 0. The van der Waals surface area contributed by atoms with Gasteiger partial charge in [-0.2, -0.15) is 10.5 Å². The van der Waals surface area contributed by atoms with Gasteiger partial charge in [0.1, 0.15) is 11.6 Å². The van der Waals surface area contributed by atoms with E-state index in [2.05, 4.69) is 0 Å². The van der Waals surface area contributed by atoms with Gasteiger partial charge in [0, 0.05) is 6.07 Å². The van der Waals surface area contributed by atoms with Crippen LogP contribution in [0.2, 0.25) is 0 Å². The van der Waals surface area contributed by atoms with Crippen molar-refractivity contribution >= 4 is 5.69 Å². The molecule has 0 heterocycles. The predicted molar refractivity (Wildman–Crippen MR) is 61.1 cm³/mol. The van der Waals surface area contributed by atoms with E-state index in [-0.39, 0.29) is 17.7 Å². The largest absolute Gasteiger partial charge is 0.287 e. The maximum Gasteiger partial charge on any atom is 0.287 e. The van der Waals surface area contributed by atoms with Gasteiger partial charge in [0.25, 0.3) is 5.69 Å². The van der Waals surface area contributed by atoms with E-state index in [0.717, 1.165) is 12.0 Å². The quantitative estimate of drug-likeness (QED) is 0.585. The lowest BCUT2D eigenvalue weighted by Crippen LogP contribution is -1.99. The standard InChI is InChI=1S/C12H11N3O2/c1-2-3-9-6-11(8-14)12(15(16)17)7-10(9)4-5-13/h6-7H,2-4H2,1H3. The first kappa shape index (κ1) is 12.7. The van der Waals surface area contributed by atoms with Crippen molar-refractivity contribution in [2.45, 2.75) is 26.2 Å². The lowest BCUT2D eigenvalue weighted by molar-refractivity contribution is -0.385. The Morgan fingerprint density at radius 2 is 2.06 bits per heavy atom. The third-order valence-corrected chi connectivity index (χ3v) is 2.42. The van der Waals surface area contributed by atoms with Crippen molar-refractivity contribution in [1.82, 2.24) is 0 Å². The van der Waals surface area contributed by atoms with Crippen LogP contribution in [0.5, 0.6) is 0 Å². The fraction of sp³-hybridized carbons (Fsp3) is 0.333. The zero-order valence-corrected chi connectivity index (χ0v) is 9.43. The van der Waals surface area contributed by atoms with Crippen molar-refractivity contribution in [3.63, 3.8) is 0 Å². The van der Waals surface area contributed by atoms with Crippen LogP contribution in [-0.4, -0.2) is 4.92 Å². The Morgan fingerprint density at radius 3 is 2.53 bits per heavy atom. The molecule has 0 aliphatic heterocycles. The number of nitriles is 2. The molecule has 1 aromatic rings. The molecule has 0 saturated carbocycles. The van der Waals surface area contributed by atoms with Crippen LogP contribution in [0, 0.1) is 32.8 Å². The second-order valence-corrected chi connectivity index (χ2v) is 3.59. The number of benzene rings is 1. The van der Waals surface area contributed by atoms with Crippen LogP contribution in [0.1, 0.15) is 30.0 Å². The van der Waals surface area contributed by atoms with E-state index >= 15 is 0 Å². The molecule has 0 amide bonds. The number of hydrogen-bond acceptors (Lipinski definition) is 4. The Kier molecular flexibility index (Phi) is 4.19. The first-order chi connectivity index (χ1) is 8.13. The third-order valence-electron chi connectivity index (χ3n) is 2.42. The fourth-order valence-electron chi connectivity index (χ4n) is 1.67. The monoisotopic (exact) mass is 229 g/mol. The SMILES string of the molecule is CCCc1cc(C#N)c([N+](=O)[O-])cc1CC#N. The van der Waals surface area contributed by atoms with Crippen molar-refractivity contribution in [1.29, 1.82) is 10.5 Å². The minimum absolute atomic E-state index is 0.0557. The molecule has 0 aliphatic carbocycles. The smallest absolute Gasteiger partial charge is 0.258 e. The Balaban J connectivity index is 3.38. The lowest BCUT2D eigenvalue weighted by atomic mass is 9.97. The van der Waals surface area contributed by atoms with Crippen LogP contribution >= 0.6 is 0 Å². The molecule has 5 heteroatoms. The molecule has 0 bridgehead atoms. The summed E-state index contributed by atoms with van der Waals surface area (Å²) >= 11 is 0. The van der Waals surface area contributed by atoms with Crippen LogP contribution < -0.4 is 0 Å². The highest BCUT2D eigenvalue weighted by Gasteiger charge is 2.17. The van der Waals surface area contributed by atoms with Crippen LogP contribution in [0.25, 0.3) is 0 Å². The molecule has 86 valence electrons. The summed E-state index contributed by atoms with van der Waals surface area (Å²) in [6, 6.07) is 6.66. The summed E-state index contributed by atoms with van der Waals surface area (Å²) in [5.41, 5.74) is 1.31. The van der Waals surface area contributed by atoms with E-state index in [1.54, 1.807) is 0 Å². The van der Waals surface area contributed by atoms with Gasteiger partial charge in [0.15, 0.2) is 0 Å².